The van der Waals surface area contributed by atoms with Crippen molar-refractivity contribution in [3.8, 4) is 39.3 Å². The molecular formula is C48H54Cl2N10O6. The Balaban J connectivity index is 0.756. The molecule has 8 N–H and O–H groups in total. The molecule has 0 fully saturated rings. The minimum absolute atomic E-state index is 0.0491. The fraction of sp³-hybridized carbons (Fsp3) is 0.354. The lowest BCUT2D eigenvalue weighted by Crippen LogP contribution is -2.37. The van der Waals surface area contributed by atoms with E-state index in [0.29, 0.717) is 66.1 Å². The molecule has 4 aromatic heterocycles. The molecule has 1 aliphatic rings. The number of hydrogen-bond acceptors (Lipinski definition) is 10. The highest BCUT2D eigenvalue weighted by molar-refractivity contribution is 6.45. The molecule has 0 bridgehead atoms. The molecule has 0 unspecified atom stereocenters. The summed E-state index contributed by atoms with van der Waals surface area (Å²) in [5.74, 6) is -0.449. The van der Waals surface area contributed by atoms with Crippen molar-refractivity contribution in [3.63, 3.8) is 0 Å². The first-order valence-electron chi connectivity index (χ1n) is 22.2. The van der Waals surface area contributed by atoms with Crippen molar-refractivity contribution in [2.45, 2.75) is 77.8 Å². The number of phenols is 1. The van der Waals surface area contributed by atoms with Crippen molar-refractivity contribution in [2.75, 3.05) is 38.5 Å². The van der Waals surface area contributed by atoms with Crippen LogP contribution in [0.3, 0.4) is 0 Å². The molecule has 4 amide bonds. The molecule has 66 heavy (non-hydrogen) atoms. The van der Waals surface area contributed by atoms with Crippen LogP contribution in [0.15, 0.2) is 67.1 Å². The summed E-state index contributed by atoms with van der Waals surface area (Å²) in [7, 11) is 0. The van der Waals surface area contributed by atoms with E-state index < -0.39 is 6.61 Å². The first-order valence-corrected chi connectivity index (χ1v) is 23.0. The number of nitrogens with two attached hydrogens (primary N) is 1. The van der Waals surface area contributed by atoms with Gasteiger partial charge in [0.25, 0.3) is 5.91 Å². The summed E-state index contributed by atoms with van der Waals surface area (Å²) in [6.07, 6.45) is 12.1. The first kappa shape index (κ1) is 47.5. The van der Waals surface area contributed by atoms with Crippen molar-refractivity contribution >= 4 is 63.6 Å². The number of nitrogen functional groups attached to an aromatic ring is 1. The Hall–Kier alpha value is -6.49. The van der Waals surface area contributed by atoms with E-state index in [2.05, 4.69) is 36.0 Å². The quantitative estimate of drug-likeness (QED) is 0.0406. The van der Waals surface area contributed by atoms with E-state index in [0.717, 1.165) is 88.5 Å². The number of aromatic nitrogens is 5. The van der Waals surface area contributed by atoms with Crippen LogP contribution in [-0.2, 0) is 40.3 Å². The number of carbonyl (C=O) groups excluding carboxylic acids is 4. The number of pyridine rings is 2. The molecule has 6 aromatic rings. The van der Waals surface area contributed by atoms with E-state index >= 15 is 0 Å². The molecule has 0 atom stereocenters. The van der Waals surface area contributed by atoms with Gasteiger partial charge in [-0.3, -0.25) is 28.8 Å². The Labute approximate surface area is 392 Å². The highest BCUT2D eigenvalue weighted by Gasteiger charge is 2.28. The second kappa shape index (κ2) is 22.1. The number of anilines is 1. The number of benzene rings is 2. The number of aliphatic hydroxyl groups excluding tert-OH is 1. The van der Waals surface area contributed by atoms with Crippen LogP contribution in [0, 0.1) is 0 Å². The molecule has 1 aliphatic heterocycles. The number of unbranched alkanes of at least 4 members (excludes halogenated alkanes) is 5. The molecule has 5 heterocycles. The van der Waals surface area contributed by atoms with Crippen LogP contribution in [0.25, 0.3) is 44.4 Å². The standard InChI is InChI=1S/C48H54Cl2N10O6/c1-2-32-34(25-56-47(51)43(32)29-9-12-31(62)13-10-29)30-11-14-39(55-24-30)48(66)54-20-15-40(63)52-18-7-5-3-4-6-8-19-53-41(64)27-60-22-17-38(58-60)33-23-36(49)45(50)46-44(33)35-26-59(42(65)28-61)21-16-37(35)57-46/h9-14,17,22-25,57,61-62H,2-8,15-16,18-21,26-28H2,1H3,(H2,51,56)(H,52,63)(H,53,64)(H,54,66). The number of H-pyrrole nitrogens is 1. The zero-order chi connectivity index (χ0) is 46.7. The van der Waals surface area contributed by atoms with Crippen LogP contribution >= 0.6 is 23.2 Å². The fourth-order valence-electron chi connectivity index (χ4n) is 8.35. The predicted octanol–water partition coefficient (Wildman–Crippen LogP) is 6.58. The topological polar surface area (TPSA) is 233 Å². The molecule has 0 spiro atoms. The normalized spacial score (nSPS) is 12.3. The van der Waals surface area contributed by atoms with E-state index in [1.165, 1.54) is 0 Å². The average molecular weight is 938 g/mol. The highest BCUT2D eigenvalue weighted by Crippen LogP contribution is 2.42. The zero-order valence-corrected chi connectivity index (χ0v) is 38.3. The van der Waals surface area contributed by atoms with Gasteiger partial charge in [-0.05, 0) is 60.7 Å². The van der Waals surface area contributed by atoms with Gasteiger partial charge < -0.3 is 41.8 Å². The van der Waals surface area contributed by atoms with Crippen molar-refractivity contribution < 1.29 is 29.4 Å². The third-order valence-corrected chi connectivity index (χ3v) is 12.6. The Morgan fingerprint density at radius 3 is 2.26 bits per heavy atom. The third kappa shape index (κ3) is 11.3. The van der Waals surface area contributed by atoms with E-state index in [4.69, 9.17) is 28.9 Å². The van der Waals surface area contributed by atoms with Gasteiger partial charge in [0.15, 0.2) is 0 Å². The zero-order valence-electron chi connectivity index (χ0n) is 36.8. The molecule has 0 saturated carbocycles. The summed E-state index contributed by atoms with van der Waals surface area (Å²) in [6.45, 7) is 3.61. The van der Waals surface area contributed by atoms with Crippen molar-refractivity contribution in [1.82, 2.24) is 45.6 Å². The smallest absolute Gasteiger partial charge is 0.269 e. The van der Waals surface area contributed by atoms with Crippen molar-refractivity contribution in [3.05, 3.63) is 99.7 Å². The first-order chi connectivity index (χ1) is 31.9. The maximum Gasteiger partial charge on any atom is 0.269 e. The number of nitrogens with zero attached hydrogens (tertiary/aromatic N) is 5. The summed E-state index contributed by atoms with van der Waals surface area (Å²) in [4.78, 5) is 64.0. The fourth-order valence-corrected chi connectivity index (χ4v) is 8.75. The van der Waals surface area contributed by atoms with Crippen molar-refractivity contribution in [1.29, 1.82) is 0 Å². The number of phenolic OH excluding ortho intramolecular Hbond substituents is 1. The number of aliphatic hydroxyl groups is 1. The van der Waals surface area contributed by atoms with Gasteiger partial charge in [-0.2, -0.15) is 5.10 Å². The molecule has 0 aliphatic carbocycles. The van der Waals surface area contributed by atoms with Gasteiger partial charge >= 0.3 is 0 Å². The van der Waals surface area contributed by atoms with Gasteiger partial charge in [0.05, 0.1) is 21.3 Å². The number of rotatable bonds is 20. The summed E-state index contributed by atoms with van der Waals surface area (Å²) in [5, 5.41) is 34.0. The van der Waals surface area contributed by atoms with Gasteiger partial charge in [0.1, 0.15) is 30.4 Å². The van der Waals surface area contributed by atoms with Crippen LogP contribution < -0.4 is 21.7 Å². The number of carbonyl (C=O) groups is 4. The third-order valence-electron chi connectivity index (χ3n) is 11.8. The molecule has 0 saturated heterocycles. The number of aromatic amines is 1. The maximum atomic E-state index is 12.8. The Morgan fingerprint density at radius 2 is 1.56 bits per heavy atom. The number of halogens is 2. The molecule has 7 rings (SSSR count). The second-order valence-corrected chi connectivity index (χ2v) is 17.0. The second-order valence-electron chi connectivity index (χ2n) is 16.2. The lowest BCUT2D eigenvalue weighted by atomic mass is 9.92. The van der Waals surface area contributed by atoms with Crippen molar-refractivity contribution in [2.24, 2.45) is 0 Å². The summed E-state index contributed by atoms with van der Waals surface area (Å²) in [5.41, 5.74) is 14.6. The van der Waals surface area contributed by atoms with E-state index in [-0.39, 0.29) is 54.6 Å². The Morgan fingerprint density at radius 1 is 0.848 bits per heavy atom. The minimum Gasteiger partial charge on any atom is -0.508 e. The summed E-state index contributed by atoms with van der Waals surface area (Å²) < 4.78 is 1.58. The van der Waals surface area contributed by atoms with Gasteiger partial charge in [-0.15, -0.1) is 0 Å². The number of amides is 4. The van der Waals surface area contributed by atoms with E-state index in [9.17, 15) is 29.4 Å². The monoisotopic (exact) mass is 936 g/mol. The maximum absolute atomic E-state index is 12.8. The van der Waals surface area contributed by atoms with Gasteiger partial charge in [-0.25, -0.2) is 4.98 Å². The largest absolute Gasteiger partial charge is 0.508 e. The number of aromatic hydroxyl groups is 1. The number of nitrogens with one attached hydrogen (secondary N) is 4. The van der Waals surface area contributed by atoms with Crippen LogP contribution in [0.5, 0.6) is 5.75 Å². The molecular weight excluding hydrogens is 883 g/mol. The number of hydrogen-bond donors (Lipinski definition) is 7. The van der Waals surface area contributed by atoms with Gasteiger partial charge in [-0.1, -0.05) is 74.0 Å². The lowest BCUT2D eigenvalue weighted by molar-refractivity contribution is -0.135. The lowest BCUT2D eigenvalue weighted by Gasteiger charge is -2.26. The van der Waals surface area contributed by atoms with Gasteiger partial charge in [0, 0.05) is 103 Å². The Bertz CT molecular complexity index is 2700. The van der Waals surface area contributed by atoms with Crippen LogP contribution in [0.1, 0.15) is 79.2 Å². The molecule has 2 aromatic carbocycles. The van der Waals surface area contributed by atoms with Gasteiger partial charge in [0.2, 0.25) is 17.7 Å². The van der Waals surface area contributed by atoms with Crippen LogP contribution in [0.4, 0.5) is 5.82 Å². The highest BCUT2D eigenvalue weighted by atomic mass is 35.5. The Kier molecular flexibility index (Phi) is 15.9. The summed E-state index contributed by atoms with van der Waals surface area (Å²) in [6, 6.07) is 13.8. The SMILES string of the molecule is CCc1c(-c2ccc(C(=O)NCCC(=O)NCCCCCCCCNC(=O)Cn3ccc(-c4cc(Cl)c(Cl)c5[nH]c6c(c45)CN(C(=O)CO)CC6)n3)nc2)cnc(N)c1-c1ccc(O)cc1. The molecule has 16 nitrogen and oxygen atoms in total. The van der Waals surface area contributed by atoms with Crippen LogP contribution in [0.2, 0.25) is 10.0 Å². The van der Waals surface area contributed by atoms with E-state index in [1.807, 2.05) is 19.1 Å². The molecule has 346 valence electrons. The van der Waals surface area contributed by atoms with Crippen LogP contribution in [-0.4, -0.2) is 96.3 Å². The van der Waals surface area contributed by atoms with E-state index in [1.54, 1.807) is 64.6 Å². The minimum atomic E-state index is -0.558. The molecule has 18 heteroatoms. The number of fused-ring (bicyclic) bond motifs is 3. The predicted molar refractivity (Wildman–Crippen MR) is 255 cm³/mol. The average Bonchev–Trinajstić information content (AvgIpc) is 3.95. The summed E-state index contributed by atoms with van der Waals surface area (Å²) >= 11 is 13.1. The molecule has 0 radical (unpaired) electrons.